The third-order valence-corrected chi connectivity index (χ3v) is 6.93. The molecule has 200 valence electrons. The second-order valence-corrected chi connectivity index (χ2v) is 11.2. The SMILES string of the molecule is Cc1cc2cc(C(=O)c3cnn(-c4cc(C)c(Oc5ccccc5F)cc4C)c3N)[nH]c2cc1NS(C)(=O)=O. The Labute approximate surface area is 224 Å². The van der Waals surface area contributed by atoms with E-state index in [0.29, 0.717) is 28.2 Å². The molecule has 39 heavy (non-hydrogen) atoms. The number of halogens is 1. The van der Waals surface area contributed by atoms with E-state index in [1.807, 2.05) is 19.9 Å². The highest BCUT2D eigenvalue weighted by Gasteiger charge is 2.21. The van der Waals surface area contributed by atoms with Crippen LogP contribution in [0.5, 0.6) is 11.5 Å². The largest absolute Gasteiger partial charge is 0.454 e. The number of hydrogen-bond donors (Lipinski definition) is 3. The van der Waals surface area contributed by atoms with Crippen LogP contribution in [0.25, 0.3) is 16.6 Å². The summed E-state index contributed by atoms with van der Waals surface area (Å²) < 4.78 is 47.2. The van der Waals surface area contributed by atoms with Gasteiger partial charge in [-0.25, -0.2) is 17.5 Å². The monoisotopic (exact) mass is 547 g/mol. The zero-order chi connectivity index (χ0) is 28.1. The number of fused-ring (bicyclic) bond motifs is 1. The van der Waals surface area contributed by atoms with Crippen molar-refractivity contribution in [2.75, 3.05) is 16.7 Å². The Balaban J connectivity index is 1.46. The predicted molar refractivity (Wildman–Crippen MR) is 149 cm³/mol. The minimum absolute atomic E-state index is 0.118. The molecule has 0 unspecified atom stereocenters. The summed E-state index contributed by atoms with van der Waals surface area (Å²) in [4.78, 5) is 16.4. The summed E-state index contributed by atoms with van der Waals surface area (Å²) in [7, 11) is -3.46. The molecule has 2 heterocycles. The molecule has 0 bridgehead atoms. The van der Waals surface area contributed by atoms with E-state index in [2.05, 4.69) is 14.8 Å². The van der Waals surface area contributed by atoms with Crippen molar-refractivity contribution in [1.82, 2.24) is 14.8 Å². The molecule has 0 amide bonds. The van der Waals surface area contributed by atoms with Crippen LogP contribution in [0.3, 0.4) is 0 Å². The average molecular weight is 548 g/mol. The molecule has 0 spiro atoms. The van der Waals surface area contributed by atoms with Crippen LogP contribution in [0.15, 0.2) is 60.8 Å². The number of rotatable bonds is 7. The summed E-state index contributed by atoms with van der Waals surface area (Å²) in [5.74, 6) is -0.0692. The number of nitrogens with zero attached hydrogens (tertiary/aromatic N) is 2. The molecule has 0 aliphatic rings. The van der Waals surface area contributed by atoms with Gasteiger partial charge >= 0.3 is 0 Å². The third kappa shape index (κ3) is 5.08. The summed E-state index contributed by atoms with van der Waals surface area (Å²) >= 11 is 0. The van der Waals surface area contributed by atoms with Gasteiger partial charge in [0.05, 0.1) is 35.1 Å². The van der Waals surface area contributed by atoms with Crippen molar-refractivity contribution in [3.63, 3.8) is 0 Å². The summed E-state index contributed by atoms with van der Waals surface area (Å²) in [6, 6.07) is 14.9. The molecule has 0 radical (unpaired) electrons. The Morgan fingerprint density at radius 2 is 1.77 bits per heavy atom. The molecule has 2 aromatic heterocycles. The number of nitrogens with one attached hydrogen (secondary N) is 2. The number of para-hydroxylation sites is 1. The number of nitrogen functional groups attached to an aromatic ring is 1. The fourth-order valence-electron chi connectivity index (χ4n) is 4.36. The summed E-state index contributed by atoms with van der Waals surface area (Å²) in [6.07, 6.45) is 2.48. The van der Waals surface area contributed by atoms with Crippen LogP contribution in [0, 0.1) is 26.6 Å². The molecule has 3 aromatic carbocycles. The van der Waals surface area contributed by atoms with Gasteiger partial charge in [-0.3, -0.25) is 9.52 Å². The Morgan fingerprint density at radius 3 is 2.49 bits per heavy atom. The molecule has 9 nitrogen and oxygen atoms in total. The number of benzene rings is 3. The molecular weight excluding hydrogens is 521 g/mol. The van der Waals surface area contributed by atoms with Crippen LogP contribution < -0.4 is 15.2 Å². The molecule has 0 aliphatic carbocycles. The van der Waals surface area contributed by atoms with Gasteiger partial charge in [0, 0.05) is 10.9 Å². The van der Waals surface area contributed by atoms with Crippen LogP contribution >= 0.6 is 0 Å². The molecule has 5 aromatic rings. The van der Waals surface area contributed by atoms with E-state index in [9.17, 15) is 17.6 Å². The van der Waals surface area contributed by atoms with E-state index in [0.717, 1.165) is 22.8 Å². The molecule has 5 rings (SSSR count). The summed E-state index contributed by atoms with van der Waals surface area (Å²) in [5.41, 5.74) is 10.7. The molecule has 4 N–H and O–H groups in total. The Hall–Kier alpha value is -4.64. The normalized spacial score (nSPS) is 11.6. The number of aromatic amines is 1. The maximum Gasteiger partial charge on any atom is 0.229 e. The quantitative estimate of drug-likeness (QED) is 0.234. The standard InChI is InChI=1S/C28H26FN5O4S/c1-15-9-18-12-23(32-22(18)13-21(15)33-39(4,36)37)27(35)19-14-31-34(28(19)30)24-10-17(3)26(11-16(24)2)38-25-8-6-5-7-20(25)29/h5-14,32-33H,30H2,1-4H3. The van der Waals surface area contributed by atoms with Crippen LogP contribution in [-0.4, -0.2) is 35.2 Å². The van der Waals surface area contributed by atoms with Crippen LogP contribution in [0.1, 0.15) is 32.7 Å². The first-order valence-electron chi connectivity index (χ1n) is 11.9. The van der Waals surface area contributed by atoms with E-state index < -0.39 is 15.8 Å². The highest BCUT2D eigenvalue weighted by molar-refractivity contribution is 7.92. The van der Waals surface area contributed by atoms with E-state index in [1.165, 1.54) is 16.9 Å². The number of sulfonamides is 1. The number of carbonyl (C=O) groups excluding carboxylic acids is 1. The number of ketones is 1. The van der Waals surface area contributed by atoms with Gasteiger partial charge in [-0.1, -0.05) is 12.1 Å². The van der Waals surface area contributed by atoms with Gasteiger partial charge in [0.2, 0.25) is 15.8 Å². The first kappa shape index (κ1) is 26.0. The van der Waals surface area contributed by atoms with E-state index in [4.69, 9.17) is 10.5 Å². The molecule has 0 saturated heterocycles. The molecule has 0 fully saturated rings. The third-order valence-electron chi connectivity index (χ3n) is 6.34. The highest BCUT2D eigenvalue weighted by atomic mass is 32.2. The Bertz CT molecular complexity index is 1870. The lowest BCUT2D eigenvalue weighted by Gasteiger charge is -2.14. The van der Waals surface area contributed by atoms with Crippen molar-refractivity contribution < 1.29 is 22.3 Å². The topological polar surface area (TPSA) is 132 Å². The van der Waals surface area contributed by atoms with E-state index in [1.54, 1.807) is 49.4 Å². The lowest BCUT2D eigenvalue weighted by molar-refractivity contribution is 0.103. The van der Waals surface area contributed by atoms with Gasteiger partial charge in [0.25, 0.3) is 0 Å². The molecule has 11 heteroatoms. The zero-order valence-corrected chi connectivity index (χ0v) is 22.5. The number of ether oxygens (including phenoxy) is 1. The van der Waals surface area contributed by atoms with Crippen molar-refractivity contribution in [1.29, 1.82) is 0 Å². The summed E-state index contributed by atoms with van der Waals surface area (Å²) in [6.45, 7) is 5.44. The number of nitrogens with two attached hydrogens (primary N) is 1. The maximum atomic E-state index is 14.1. The zero-order valence-electron chi connectivity index (χ0n) is 21.7. The first-order valence-corrected chi connectivity index (χ1v) is 13.8. The Kier molecular flexibility index (Phi) is 6.39. The number of carbonyl (C=O) groups is 1. The number of hydrogen-bond acceptors (Lipinski definition) is 6. The second-order valence-electron chi connectivity index (χ2n) is 9.43. The number of H-pyrrole nitrogens is 1. The minimum Gasteiger partial charge on any atom is -0.454 e. The molecular formula is C28H26FN5O4S. The van der Waals surface area contributed by atoms with Gasteiger partial charge < -0.3 is 15.5 Å². The second kappa shape index (κ2) is 9.59. The summed E-state index contributed by atoms with van der Waals surface area (Å²) in [5, 5.41) is 5.11. The van der Waals surface area contributed by atoms with Gasteiger partial charge in [-0.15, -0.1) is 0 Å². The molecule has 0 aliphatic heterocycles. The molecule has 0 saturated carbocycles. The average Bonchev–Trinajstić information content (AvgIpc) is 3.44. The fraction of sp³-hybridized carbons (Fsp3) is 0.143. The predicted octanol–water partition coefficient (Wildman–Crippen LogP) is 5.39. The van der Waals surface area contributed by atoms with Crippen molar-refractivity contribution in [3.8, 4) is 17.2 Å². The van der Waals surface area contributed by atoms with Crippen molar-refractivity contribution in [3.05, 3.63) is 94.6 Å². The van der Waals surface area contributed by atoms with Gasteiger partial charge in [-0.05, 0) is 79.9 Å². The van der Waals surface area contributed by atoms with Crippen LogP contribution in [0.4, 0.5) is 15.9 Å². The number of aryl methyl sites for hydroxylation is 3. The van der Waals surface area contributed by atoms with Crippen LogP contribution in [-0.2, 0) is 10.0 Å². The number of aromatic nitrogens is 3. The minimum atomic E-state index is -3.46. The smallest absolute Gasteiger partial charge is 0.229 e. The van der Waals surface area contributed by atoms with Crippen molar-refractivity contribution in [2.45, 2.75) is 20.8 Å². The van der Waals surface area contributed by atoms with Crippen LogP contribution in [0.2, 0.25) is 0 Å². The Morgan fingerprint density at radius 1 is 1.03 bits per heavy atom. The van der Waals surface area contributed by atoms with Gasteiger partial charge in [0.1, 0.15) is 11.6 Å². The molecule has 0 atom stereocenters. The maximum absolute atomic E-state index is 14.1. The van der Waals surface area contributed by atoms with Crippen molar-refractivity contribution in [2.24, 2.45) is 0 Å². The lowest BCUT2D eigenvalue weighted by atomic mass is 10.1. The van der Waals surface area contributed by atoms with Gasteiger partial charge in [-0.2, -0.15) is 5.10 Å². The van der Waals surface area contributed by atoms with E-state index in [-0.39, 0.29) is 28.6 Å². The fourth-order valence-corrected chi connectivity index (χ4v) is 4.97. The van der Waals surface area contributed by atoms with Gasteiger partial charge in [0.15, 0.2) is 11.6 Å². The van der Waals surface area contributed by atoms with E-state index >= 15 is 0 Å². The van der Waals surface area contributed by atoms with Crippen molar-refractivity contribution >= 4 is 38.2 Å². The number of anilines is 2. The lowest BCUT2D eigenvalue weighted by Crippen LogP contribution is -2.10. The first-order chi connectivity index (χ1) is 18.4. The highest BCUT2D eigenvalue weighted by Crippen LogP contribution is 2.32.